The van der Waals surface area contributed by atoms with Crippen molar-refractivity contribution in [2.24, 2.45) is 5.41 Å². The van der Waals surface area contributed by atoms with Gasteiger partial charge in [-0.25, -0.2) is 8.78 Å². The zero-order valence-electron chi connectivity index (χ0n) is 19.7. The minimum Gasteiger partial charge on any atom is -0.368 e. The van der Waals surface area contributed by atoms with E-state index in [9.17, 15) is 22.0 Å². The number of hydrogen-bond donors (Lipinski definition) is 0. The van der Waals surface area contributed by atoms with Gasteiger partial charge < -0.3 is 4.90 Å². The van der Waals surface area contributed by atoms with Crippen LogP contribution >= 0.6 is 11.6 Å². The van der Waals surface area contributed by atoms with E-state index in [0.717, 1.165) is 48.4 Å². The lowest BCUT2D eigenvalue weighted by Gasteiger charge is -2.59. The highest BCUT2D eigenvalue weighted by atomic mass is 35.5. The van der Waals surface area contributed by atoms with Crippen molar-refractivity contribution in [1.82, 2.24) is 19.7 Å². The molecule has 3 fully saturated rings. The molecular weight excluding hydrogens is 513 g/mol. The third-order valence-electron chi connectivity index (χ3n) is 8.29. The number of benzene rings is 2. The van der Waals surface area contributed by atoms with Crippen LogP contribution in [0.5, 0.6) is 0 Å². The van der Waals surface area contributed by atoms with E-state index in [1.165, 1.54) is 12.8 Å². The Morgan fingerprint density at radius 3 is 2.38 bits per heavy atom. The molecule has 2 saturated carbocycles. The Hall–Kier alpha value is -2.72. The first-order valence-electron chi connectivity index (χ1n) is 12.4. The second kappa shape index (κ2) is 7.89. The molecule has 0 bridgehead atoms. The Morgan fingerprint density at radius 1 is 0.946 bits per heavy atom. The molecule has 0 amide bonds. The Kier molecular flexibility index (Phi) is 4.99. The summed E-state index contributed by atoms with van der Waals surface area (Å²) in [5, 5.41) is 9.80. The molecule has 1 aromatic heterocycles. The molecule has 37 heavy (non-hydrogen) atoms. The van der Waals surface area contributed by atoms with Crippen LogP contribution in [0.2, 0.25) is 5.02 Å². The number of alkyl halides is 3. The van der Waals surface area contributed by atoms with Crippen LogP contribution in [0.3, 0.4) is 0 Å². The fraction of sp³-hybridized carbons (Fsp3) is 0.462. The monoisotopic (exact) mass is 535 g/mol. The van der Waals surface area contributed by atoms with Gasteiger partial charge in [-0.2, -0.15) is 13.2 Å². The maximum atomic E-state index is 14.6. The van der Waals surface area contributed by atoms with Gasteiger partial charge in [0.25, 0.3) is 0 Å². The van der Waals surface area contributed by atoms with Gasteiger partial charge in [-0.3, -0.25) is 9.47 Å². The number of rotatable bonds is 3. The van der Waals surface area contributed by atoms with E-state index in [-0.39, 0.29) is 17.0 Å². The molecule has 1 spiro atoms. The molecule has 4 aliphatic rings. The van der Waals surface area contributed by atoms with Crippen molar-refractivity contribution < 1.29 is 22.0 Å². The summed E-state index contributed by atoms with van der Waals surface area (Å²) < 4.78 is 70.0. The van der Waals surface area contributed by atoms with Crippen molar-refractivity contribution in [2.45, 2.75) is 56.9 Å². The third kappa shape index (κ3) is 3.74. The molecule has 2 aliphatic carbocycles. The quantitative estimate of drug-likeness (QED) is 0.381. The lowest BCUT2D eigenvalue weighted by atomic mass is 9.57. The van der Waals surface area contributed by atoms with Gasteiger partial charge in [0.05, 0.1) is 17.9 Å². The Morgan fingerprint density at radius 2 is 1.68 bits per heavy atom. The van der Waals surface area contributed by atoms with Crippen molar-refractivity contribution in [3.63, 3.8) is 0 Å². The maximum absolute atomic E-state index is 14.6. The highest BCUT2D eigenvalue weighted by Gasteiger charge is 2.55. The maximum Gasteiger partial charge on any atom is 0.422 e. The second-order valence-electron chi connectivity index (χ2n) is 10.9. The van der Waals surface area contributed by atoms with Gasteiger partial charge in [0.1, 0.15) is 17.2 Å². The largest absolute Gasteiger partial charge is 0.422 e. The van der Waals surface area contributed by atoms with Crippen LogP contribution < -0.4 is 4.90 Å². The molecule has 1 saturated heterocycles. The molecule has 3 aromatic rings. The first kappa shape index (κ1) is 23.4. The predicted octanol–water partition coefficient (Wildman–Crippen LogP) is 6.08. The van der Waals surface area contributed by atoms with E-state index < -0.39 is 23.4 Å². The van der Waals surface area contributed by atoms with Crippen LogP contribution in [0.15, 0.2) is 30.3 Å². The van der Waals surface area contributed by atoms with Gasteiger partial charge in [-0.05, 0) is 61.6 Å². The zero-order valence-corrected chi connectivity index (χ0v) is 20.5. The number of hydrogen-bond acceptors (Lipinski definition) is 4. The number of aromatic nitrogens is 3. The van der Waals surface area contributed by atoms with E-state index in [1.54, 1.807) is 4.90 Å². The van der Waals surface area contributed by atoms with Crippen LogP contribution in [-0.4, -0.2) is 38.8 Å². The first-order chi connectivity index (χ1) is 17.6. The molecule has 0 unspecified atom stereocenters. The van der Waals surface area contributed by atoms with Crippen LogP contribution in [0.4, 0.5) is 27.6 Å². The smallest absolute Gasteiger partial charge is 0.368 e. The van der Waals surface area contributed by atoms with Crippen LogP contribution in [0.25, 0.3) is 5.69 Å². The van der Waals surface area contributed by atoms with Gasteiger partial charge in [0, 0.05) is 42.0 Å². The summed E-state index contributed by atoms with van der Waals surface area (Å²) in [6.07, 6.45) is -1.16. The molecule has 5 nitrogen and oxygen atoms in total. The normalized spacial score (nSPS) is 21.3. The zero-order chi connectivity index (χ0) is 25.7. The molecular formula is C26H23ClF5N5. The average molecular weight is 536 g/mol. The van der Waals surface area contributed by atoms with Gasteiger partial charge >= 0.3 is 6.18 Å². The molecule has 194 valence electrons. The van der Waals surface area contributed by atoms with Crippen molar-refractivity contribution >= 4 is 17.3 Å². The summed E-state index contributed by atoms with van der Waals surface area (Å²) in [5.74, 6) is -1.22. The Bertz CT molecular complexity index is 1400. The number of anilines is 1. The predicted molar refractivity (Wildman–Crippen MR) is 127 cm³/mol. The lowest BCUT2D eigenvalue weighted by Crippen LogP contribution is -2.62. The van der Waals surface area contributed by atoms with Crippen LogP contribution in [0, 0.1) is 17.0 Å². The molecule has 11 heteroatoms. The van der Waals surface area contributed by atoms with Crippen molar-refractivity contribution in [3.05, 3.63) is 69.8 Å². The van der Waals surface area contributed by atoms with Crippen LogP contribution in [-0.2, 0) is 19.3 Å². The van der Waals surface area contributed by atoms with Crippen molar-refractivity contribution in [3.8, 4) is 5.69 Å². The minimum atomic E-state index is -5.09. The summed E-state index contributed by atoms with van der Waals surface area (Å²) in [4.78, 5) is 3.99. The molecule has 2 aliphatic heterocycles. The molecule has 0 radical (unpaired) electrons. The first-order valence-corrected chi connectivity index (χ1v) is 12.8. The SMILES string of the molecule is Fc1ccc(N2CC3(CC(c4nnc5n4-c4ccc(Cl)cc4CN(C4CC4)C5)C3)C2)c(F)c1C(F)(F)F. The van der Waals surface area contributed by atoms with Gasteiger partial charge in [0.15, 0.2) is 11.6 Å². The standard InChI is InChI=1S/C26H23ClF5N5/c27-16-1-5-19-14(7-16)10-35(17-2-3-17)11-21-33-34-24(37(19)21)15-8-25(9-15)12-36(13-25)20-6-4-18(28)22(23(20)29)26(30,31)32/h1,4-7,15,17H,2-3,8-13H2. The molecule has 0 N–H and O–H groups in total. The molecule has 7 rings (SSSR count). The van der Waals surface area contributed by atoms with E-state index in [0.29, 0.717) is 36.8 Å². The van der Waals surface area contributed by atoms with Crippen LogP contribution in [0.1, 0.15) is 54.4 Å². The number of halogens is 6. The summed E-state index contributed by atoms with van der Waals surface area (Å²) in [5.41, 5.74) is 0.0130. The highest BCUT2D eigenvalue weighted by molar-refractivity contribution is 6.30. The summed E-state index contributed by atoms with van der Waals surface area (Å²) >= 11 is 6.32. The fourth-order valence-corrected chi connectivity index (χ4v) is 6.61. The molecule has 0 atom stereocenters. The summed E-state index contributed by atoms with van der Waals surface area (Å²) in [6, 6.07) is 8.23. The average Bonchev–Trinajstić information content (AvgIpc) is 3.55. The highest BCUT2D eigenvalue weighted by Crippen LogP contribution is 2.57. The van der Waals surface area contributed by atoms with Crippen molar-refractivity contribution in [1.29, 1.82) is 0 Å². The second-order valence-corrected chi connectivity index (χ2v) is 11.4. The summed E-state index contributed by atoms with van der Waals surface area (Å²) in [7, 11) is 0. The van der Waals surface area contributed by atoms with Gasteiger partial charge in [0.2, 0.25) is 0 Å². The van der Waals surface area contributed by atoms with E-state index in [4.69, 9.17) is 11.6 Å². The molecule has 3 heterocycles. The lowest BCUT2D eigenvalue weighted by molar-refractivity contribution is -0.142. The fourth-order valence-electron chi connectivity index (χ4n) is 6.42. The third-order valence-corrected chi connectivity index (χ3v) is 8.53. The van der Waals surface area contributed by atoms with E-state index in [1.807, 2.05) is 18.2 Å². The minimum absolute atomic E-state index is 0.121. The van der Waals surface area contributed by atoms with Crippen molar-refractivity contribution in [2.75, 3.05) is 18.0 Å². The van der Waals surface area contributed by atoms with Gasteiger partial charge in [-0.15, -0.1) is 10.2 Å². The van der Waals surface area contributed by atoms with E-state index in [2.05, 4.69) is 19.7 Å². The summed E-state index contributed by atoms with van der Waals surface area (Å²) in [6.45, 7) is 2.36. The Balaban J connectivity index is 1.12. The molecule has 2 aromatic carbocycles. The Labute approximate surface area is 214 Å². The topological polar surface area (TPSA) is 37.2 Å². The van der Waals surface area contributed by atoms with E-state index >= 15 is 0 Å². The van der Waals surface area contributed by atoms with Gasteiger partial charge in [-0.1, -0.05) is 11.6 Å². The number of fused-ring (bicyclic) bond motifs is 3. The number of nitrogens with zero attached hydrogens (tertiary/aromatic N) is 5.